The molecule has 1 atom stereocenters. The van der Waals surface area contributed by atoms with Crippen LogP contribution < -0.4 is 5.32 Å². The van der Waals surface area contributed by atoms with Crippen molar-refractivity contribution in [3.63, 3.8) is 0 Å². The number of likely N-dealkylation sites (N-methyl/N-ethyl adjacent to an activating group) is 1. The summed E-state index contributed by atoms with van der Waals surface area (Å²) in [5.74, 6) is 0.254. The van der Waals surface area contributed by atoms with Crippen LogP contribution in [0.2, 0.25) is 0 Å². The second-order valence-electron chi connectivity index (χ2n) is 4.55. The lowest BCUT2D eigenvalue weighted by molar-refractivity contribution is -0.124. The van der Waals surface area contributed by atoms with Crippen LogP contribution in [-0.2, 0) is 9.59 Å². The maximum Gasteiger partial charge on any atom is 0.233 e. The Kier molecular flexibility index (Phi) is 5.46. The minimum Gasteiger partial charge on any atom is -0.358 e. The van der Waals surface area contributed by atoms with Gasteiger partial charge in [0.2, 0.25) is 5.91 Å². The number of carbonyl (C=O) groups is 2. The molecular formula is C12H22N2O2. The Hall–Kier alpha value is -0.900. The Morgan fingerprint density at radius 3 is 2.69 bits per heavy atom. The Morgan fingerprint density at radius 2 is 2.06 bits per heavy atom. The van der Waals surface area contributed by atoms with E-state index in [9.17, 15) is 9.59 Å². The number of nitrogens with zero attached hydrogens (tertiary/aromatic N) is 1. The predicted octanol–water partition coefficient (Wildman–Crippen LogP) is 0.956. The highest BCUT2D eigenvalue weighted by molar-refractivity contribution is 5.78. The van der Waals surface area contributed by atoms with Gasteiger partial charge in [0, 0.05) is 19.5 Å². The summed E-state index contributed by atoms with van der Waals surface area (Å²) in [7, 11) is 1.65. The third-order valence-electron chi connectivity index (χ3n) is 3.15. The normalized spacial score (nSPS) is 22.5. The van der Waals surface area contributed by atoms with Gasteiger partial charge in [-0.25, -0.2) is 0 Å². The van der Waals surface area contributed by atoms with E-state index < -0.39 is 0 Å². The second-order valence-corrected chi connectivity index (χ2v) is 4.55. The Balaban J connectivity index is 2.57. The van der Waals surface area contributed by atoms with Crippen molar-refractivity contribution >= 4 is 11.7 Å². The highest BCUT2D eigenvalue weighted by Crippen LogP contribution is 2.19. The van der Waals surface area contributed by atoms with Crippen molar-refractivity contribution in [3.8, 4) is 0 Å². The van der Waals surface area contributed by atoms with E-state index in [1.807, 2.05) is 0 Å². The average molecular weight is 226 g/mol. The van der Waals surface area contributed by atoms with Gasteiger partial charge in [-0.2, -0.15) is 0 Å². The van der Waals surface area contributed by atoms with Gasteiger partial charge in [-0.05, 0) is 26.3 Å². The molecule has 0 radical (unpaired) electrons. The van der Waals surface area contributed by atoms with E-state index >= 15 is 0 Å². The molecule has 1 unspecified atom stereocenters. The van der Waals surface area contributed by atoms with Crippen LogP contribution >= 0.6 is 0 Å². The molecule has 1 aliphatic heterocycles. The molecular weight excluding hydrogens is 204 g/mol. The number of ketones is 1. The quantitative estimate of drug-likeness (QED) is 0.776. The zero-order chi connectivity index (χ0) is 12.0. The minimum absolute atomic E-state index is 0.0375. The SMILES string of the molecule is CNC(=O)CN1CCCCCC1CC(C)=O. The lowest BCUT2D eigenvalue weighted by atomic mass is 10.0. The number of likely N-dealkylation sites (tertiary alicyclic amines) is 1. The highest BCUT2D eigenvalue weighted by Gasteiger charge is 2.23. The molecule has 1 rings (SSSR count). The van der Waals surface area contributed by atoms with Crippen LogP contribution in [0.3, 0.4) is 0 Å². The summed E-state index contributed by atoms with van der Waals surface area (Å²) in [6.07, 6.45) is 5.12. The first-order valence-corrected chi connectivity index (χ1v) is 6.07. The molecule has 1 aliphatic rings. The van der Waals surface area contributed by atoms with Crippen molar-refractivity contribution in [1.29, 1.82) is 0 Å². The minimum atomic E-state index is 0.0375. The van der Waals surface area contributed by atoms with E-state index in [4.69, 9.17) is 0 Å². The first-order valence-electron chi connectivity index (χ1n) is 6.07. The zero-order valence-electron chi connectivity index (χ0n) is 10.3. The number of amides is 1. The van der Waals surface area contributed by atoms with Crippen LogP contribution in [0.15, 0.2) is 0 Å². The molecule has 4 heteroatoms. The standard InChI is InChI=1S/C12H22N2O2/c1-10(15)8-11-6-4-3-5-7-14(11)9-12(16)13-2/h11H,3-9H2,1-2H3,(H,13,16). The lowest BCUT2D eigenvalue weighted by Gasteiger charge is -2.28. The molecule has 0 saturated carbocycles. The Labute approximate surface area is 97.4 Å². The van der Waals surface area contributed by atoms with Gasteiger partial charge in [0.25, 0.3) is 0 Å². The van der Waals surface area contributed by atoms with Crippen LogP contribution in [0.25, 0.3) is 0 Å². The molecule has 16 heavy (non-hydrogen) atoms. The van der Waals surface area contributed by atoms with E-state index in [0.717, 1.165) is 19.4 Å². The van der Waals surface area contributed by atoms with Crippen LogP contribution in [0, 0.1) is 0 Å². The van der Waals surface area contributed by atoms with Gasteiger partial charge >= 0.3 is 0 Å². The molecule has 1 amide bonds. The fourth-order valence-electron chi connectivity index (χ4n) is 2.27. The molecule has 92 valence electrons. The summed E-state index contributed by atoms with van der Waals surface area (Å²) in [5.41, 5.74) is 0. The van der Waals surface area contributed by atoms with Gasteiger partial charge in [0.05, 0.1) is 6.54 Å². The van der Waals surface area contributed by atoms with Gasteiger partial charge < -0.3 is 5.32 Å². The molecule has 0 aromatic rings. The van der Waals surface area contributed by atoms with Gasteiger partial charge in [-0.3, -0.25) is 14.5 Å². The molecule has 1 saturated heterocycles. The van der Waals surface area contributed by atoms with Crippen molar-refractivity contribution in [2.75, 3.05) is 20.1 Å². The van der Waals surface area contributed by atoms with Crippen LogP contribution in [0.1, 0.15) is 39.0 Å². The molecule has 1 fully saturated rings. The van der Waals surface area contributed by atoms with Gasteiger partial charge in [0.1, 0.15) is 5.78 Å². The van der Waals surface area contributed by atoms with E-state index in [2.05, 4.69) is 10.2 Å². The first-order chi connectivity index (χ1) is 7.63. The van der Waals surface area contributed by atoms with Gasteiger partial charge in [-0.1, -0.05) is 12.8 Å². The number of nitrogens with one attached hydrogen (secondary N) is 1. The van der Waals surface area contributed by atoms with E-state index in [-0.39, 0.29) is 17.7 Å². The zero-order valence-corrected chi connectivity index (χ0v) is 10.3. The summed E-state index contributed by atoms with van der Waals surface area (Å²) in [6.45, 7) is 2.99. The molecule has 0 aromatic heterocycles. The van der Waals surface area contributed by atoms with Crippen LogP contribution in [-0.4, -0.2) is 42.8 Å². The maximum atomic E-state index is 11.4. The molecule has 0 aliphatic carbocycles. The third-order valence-corrected chi connectivity index (χ3v) is 3.15. The summed E-state index contributed by atoms with van der Waals surface area (Å²) >= 11 is 0. The van der Waals surface area contributed by atoms with Crippen molar-refractivity contribution < 1.29 is 9.59 Å². The fraction of sp³-hybridized carbons (Fsp3) is 0.833. The molecule has 4 nitrogen and oxygen atoms in total. The number of rotatable bonds is 4. The van der Waals surface area contributed by atoms with E-state index in [0.29, 0.717) is 13.0 Å². The van der Waals surface area contributed by atoms with Crippen molar-refractivity contribution in [1.82, 2.24) is 10.2 Å². The predicted molar refractivity (Wildman–Crippen MR) is 63.2 cm³/mol. The van der Waals surface area contributed by atoms with E-state index in [1.54, 1.807) is 14.0 Å². The molecule has 0 bridgehead atoms. The summed E-state index contributed by atoms with van der Waals surface area (Å²) in [4.78, 5) is 24.7. The summed E-state index contributed by atoms with van der Waals surface area (Å²) < 4.78 is 0. The average Bonchev–Trinajstić information content (AvgIpc) is 2.44. The maximum absolute atomic E-state index is 11.4. The molecule has 0 spiro atoms. The van der Waals surface area contributed by atoms with Gasteiger partial charge in [0.15, 0.2) is 0 Å². The van der Waals surface area contributed by atoms with Crippen LogP contribution in [0.5, 0.6) is 0 Å². The van der Waals surface area contributed by atoms with Crippen LogP contribution in [0.4, 0.5) is 0 Å². The molecule has 1 N–H and O–H groups in total. The Bertz CT molecular complexity index is 253. The number of hydrogen-bond donors (Lipinski definition) is 1. The second kappa shape index (κ2) is 6.63. The van der Waals surface area contributed by atoms with Crippen molar-refractivity contribution in [2.45, 2.75) is 45.1 Å². The Morgan fingerprint density at radius 1 is 1.31 bits per heavy atom. The number of Topliss-reactive ketones (excluding diaryl/α,β-unsaturated/α-hetero) is 1. The fourth-order valence-corrected chi connectivity index (χ4v) is 2.27. The van der Waals surface area contributed by atoms with Crippen molar-refractivity contribution in [2.24, 2.45) is 0 Å². The highest BCUT2D eigenvalue weighted by atomic mass is 16.2. The number of carbonyl (C=O) groups excluding carboxylic acids is 2. The van der Waals surface area contributed by atoms with E-state index in [1.165, 1.54) is 12.8 Å². The summed E-state index contributed by atoms with van der Waals surface area (Å²) in [6, 6.07) is 0.261. The molecule has 0 aromatic carbocycles. The smallest absolute Gasteiger partial charge is 0.233 e. The van der Waals surface area contributed by atoms with Crippen molar-refractivity contribution in [3.05, 3.63) is 0 Å². The molecule has 1 heterocycles. The largest absolute Gasteiger partial charge is 0.358 e. The first kappa shape index (κ1) is 13.2. The van der Waals surface area contributed by atoms with Gasteiger partial charge in [-0.15, -0.1) is 0 Å². The summed E-state index contributed by atoms with van der Waals surface area (Å²) in [5, 5.41) is 2.64. The topological polar surface area (TPSA) is 49.4 Å². The third kappa shape index (κ3) is 4.31. The lowest BCUT2D eigenvalue weighted by Crippen LogP contribution is -2.42. The number of hydrogen-bond acceptors (Lipinski definition) is 3. The monoisotopic (exact) mass is 226 g/mol.